The first-order valence-corrected chi connectivity index (χ1v) is 9.02. The van der Waals surface area contributed by atoms with Gasteiger partial charge in [-0.05, 0) is 43.0 Å². The number of carbonyl (C=O) groups excluding carboxylic acids is 2. The molecule has 1 fully saturated rings. The highest BCUT2D eigenvalue weighted by atomic mass is 19.1. The van der Waals surface area contributed by atoms with Gasteiger partial charge in [0.05, 0.1) is 11.5 Å². The molecule has 0 aromatic heterocycles. The molecule has 3 rings (SSSR count). The van der Waals surface area contributed by atoms with Gasteiger partial charge in [0.1, 0.15) is 5.82 Å². The summed E-state index contributed by atoms with van der Waals surface area (Å²) in [6, 6.07) is 13.7. The van der Waals surface area contributed by atoms with Crippen LogP contribution < -0.4 is 5.32 Å². The Morgan fingerprint density at radius 1 is 1.15 bits per heavy atom. The number of para-hydroxylation sites is 1. The van der Waals surface area contributed by atoms with Crippen LogP contribution >= 0.6 is 0 Å². The number of hydrogen-bond donors (Lipinski definition) is 1. The smallest absolute Gasteiger partial charge is 0.256 e. The second-order valence-electron chi connectivity index (χ2n) is 6.57. The molecule has 4 nitrogen and oxygen atoms in total. The van der Waals surface area contributed by atoms with Gasteiger partial charge < -0.3 is 10.2 Å². The molecule has 0 unspecified atom stereocenters. The third kappa shape index (κ3) is 3.93. The minimum atomic E-state index is -0.527. The molecule has 1 atom stereocenters. The van der Waals surface area contributed by atoms with E-state index in [1.165, 1.54) is 12.1 Å². The van der Waals surface area contributed by atoms with E-state index < -0.39 is 5.82 Å². The minimum absolute atomic E-state index is 0.0601. The first-order chi connectivity index (χ1) is 12.6. The second kappa shape index (κ2) is 8.13. The fourth-order valence-corrected chi connectivity index (χ4v) is 3.37. The van der Waals surface area contributed by atoms with Crippen molar-refractivity contribution in [3.8, 4) is 0 Å². The van der Waals surface area contributed by atoms with Crippen molar-refractivity contribution in [3.63, 3.8) is 0 Å². The number of halogens is 1. The predicted molar refractivity (Wildman–Crippen MR) is 99.5 cm³/mol. The van der Waals surface area contributed by atoms with E-state index in [-0.39, 0.29) is 23.3 Å². The Balaban J connectivity index is 1.69. The summed E-state index contributed by atoms with van der Waals surface area (Å²) in [7, 11) is 0. The minimum Gasteiger partial charge on any atom is -0.338 e. The first kappa shape index (κ1) is 18.1. The summed E-state index contributed by atoms with van der Waals surface area (Å²) in [6.07, 6.45) is 2.29. The summed E-state index contributed by atoms with van der Waals surface area (Å²) in [6.45, 7) is 2.90. The Morgan fingerprint density at radius 2 is 1.88 bits per heavy atom. The third-order valence-electron chi connectivity index (χ3n) is 4.84. The molecule has 1 N–H and O–H groups in total. The number of hydrogen-bond acceptors (Lipinski definition) is 2. The number of amides is 2. The van der Waals surface area contributed by atoms with E-state index in [1.54, 1.807) is 17.0 Å². The Kier molecular flexibility index (Phi) is 5.66. The zero-order valence-electron chi connectivity index (χ0n) is 14.9. The quantitative estimate of drug-likeness (QED) is 0.906. The Hall–Kier alpha value is -2.69. The molecule has 0 bridgehead atoms. The predicted octanol–water partition coefficient (Wildman–Crippen LogP) is 3.88. The number of likely N-dealkylation sites (tertiary alicyclic amines) is 1. The van der Waals surface area contributed by atoms with Crippen LogP contribution in [0.2, 0.25) is 0 Å². The van der Waals surface area contributed by atoms with Gasteiger partial charge in [-0.15, -0.1) is 0 Å². The van der Waals surface area contributed by atoms with Crippen LogP contribution in [-0.2, 0) is 11.2 Å². The maximum atomic E-state index is 13.9. The van der Waals surface area contributed by atoms with E-state index >= 15 is 0 Å². The molecule has 1 heterocycles. The van der Waals surface area contributed by atoms with E-state index in [0.717, 1.165) is 30.5 Å². The molecule has 1 saturated heterocycles. The van der Waals surface area contributed by atoms with Crippen molar-refractivity contribution in [1.29, 1.82) is 0 Å². The molecule has 136 valence electrons. The summed E-state index contributed by atoms with van der Waals surface area (Å²) < 4.78 is 13.9. The van der Waals surface area contributed by atoms with Crippen LogP contribution in [0.25, 0.3) is 0 Å². The SMILES string of the molecule is CCc1ccccc1NC(=O)[C@H]1CCCN(C(=O)c2ccccc2F)C1. The molecule has 2 aromatic rings. The largest absolute Gasteiger partial charge is 0.338 e. The number of nitrogens with one attached hydrogen (secondary N) is 1. The topological polar surface area (TPSA) is 49.4 Å². The van der Waals surface area contributed by atoms with Crippen molar-refractivity contribution in [3.05, 3.63) is 65.5 Å². The standard InChI is InChI=1S/C21H23FN2O2/c1-2-15-8-3-6-12-19(15)23-20(25)16-9-7-13-24(14-16)21(26)17-10-4-5-11-18(17)22/h3-6,8,10-12,16H,2,7,9,13-14H2,1H3,(H,23,25)/t16-/m0/s1. The molecule has 26 heavy (non-hydrogen) atoms. The average Bonchev–Trinajstić information content (AvgIpc) is 2.68. The molecular formula is C21H23FN2O2. The summed E-state index contributed by atoms with van der Waals surface area (Å²) in [5.74, 6) is -1.25. The fraction of sp³-hybridized carbons (Fsp3) is 0.333. The van der Waals surface area contributed by atoms with Crippen LogP contribution in [0.4, 0.5) is 10.1 Å². The van der Waals surface area contributed by atoms with Crippen molar-refractivity contribution in [2.24, 2.45) is 5.92 Å². The van der Waals surface area contributed by atoms with Crippen LogP contribution in [0.3, 0.4) is 0 Å². The highest BCUT2D eigenvalue weighted by molar-refractivity contribution is 5.96. The molecule has 1 aliphatic heterocycles. The Bertz CT molecular complexity index is 806. The van der Waals surface area contributed by atoms with Crippen molar-refractivity contribution in [2.45, 2.75) is 26.2 Å². The normalized spacial score (nSPS) is 17.0. The molecule has 5 heteroatoms. The maximum Gasteiger partial charge on any atom is 0.256 e. The summed E-state index contributed by atoms with van der Waals surface area (Å²) in [5.41, 5.74) is 1.96. The summed E-state index contributed by atoms with van der Waals surface area (Å²) in [5, 5.41) is 2.99. The Labute approximate surface area is 153 Å². The fourth-order valence-electron chi connectivity index (χ4n) is 3.37. The van der Waals surface area contributed by atoms with Crippen LogP contribution in [-0.4, -0.2) is 29.8 Å². The number of nitrogens with zero attached hydrogens (tertiary/aromatic N) is 1. The summed E-state index contributed by atoms with van der Waals surface area (Å²) >= 11 is 0. The van der Waals surface area contributed by atoms with Crippen LogP contribution in [0, 0.1) is 11.7 Å². The zero-order valence-corrected chi connectivity index (χ0v) is 14.9. The van der Waals surface area contributed by atoms with E-state index in [9.17, 15) is 14.0 Å². The van der Waals surface area contributed by atoms with Crippen molar-refractivity contribution in [2.75, 3.05) is 18.4 Å². The van der Waals surface area contributed by atoms with Gasteiger partial charge >= 0.3 is 0 Å². The number of piperidine rings is 1. The van der Waals surface area contributed by atoms with E-state index in [0.29, 0.717) is 13.1 Å². The lowest BCUT2D eigenvalue weighted by Crippen LogP contribution is -2.44. The van der Waals surface area contributed by atoms with Gasteiger partial charge in [0.15, 0.2) is 0 Å². The molecule has 0 spiro atoms. The van der Waals surface area contributed by atoms with E-state index in [4.69, 9.17) is 0 Å². The van der Waals surface area contributed by atoms with Crippen LogP contribution in [0.5, 0.6) is 0 Å². The van der Waals surface area contributed by atoms with E-state index in [2.05, 4.69) is 5.32 Å². The highest BCUT2D eigenvalue weighted by Gasteiger charge is 2.30. The zero-order chi connectivity index (χ0) is 18.5. The number of anilines is 1. The van der Waals surface area contributed by atoms with Crippen molar-refractivity contribution < 1.29 is 14.0 Å². The number of benzene rings is 2. The molecule has 0 radical (unpaired) electrons. The molecular weight excluding hydrogens is 331 g/mol. The van der Waals surface area contributed by atoms with Gasteiger partial charge in [0.2, 0.25) is 5.91 Å². The molecule has 2 amide bonds. The van der Waals surface area contributed by atoms with Crippen molar-refractivity contribution in [1.82, 2.24) is 4.90 Å². The number of aryl methyl sites for hydroxylation is 1. The maximum absolute atomic E-state index is 13.9. The third-order valence-corrected chi connectivity index (χ3v) is 4.84. The summed E-state index contributed by atoms with van der Waals surface area (Å²) in [4.78, 5) is 26.9. The first-order valence-electron chi connectivity index (χ1n) is 9.02. The van der Waals surface area contributed by atoms with Gasteiger partial charge in [-0.1, -0.05) is 37.3 Å². The molecule has 0 aliphatic carbocycles. The molecule has 1 aliphatic rings. The van der Waals surface area contributed by atoms with Crippen LogP contribution in [0.15, 0.2) is 48.5 Å². The van der Waals surface area contributed by atoms with Gasteiger partial charge in [-0.2, -0.15) is 0 Å². The monoisotopic (exact) mass is 354 g/mol. The van der Waals surface area contributed by atoms with Gasteiger partial charge in [0.25, 0.3) is 5.91 Å². The van der Waals surface area contributed by atoms with Crippen molar-refractivity contribution >= 4 is 17.5 Å². The van der Waals surface area contributed by atoms with Gasteiger partial charge in [-0.25, -0.2) is 4.39 Å². The Morgan fingerprint density at radius 3 is 2.65 bits per heavy atom. The number of rotatable bonds is 4. The lowest BCUT2D eigenvalue weighted by Gasteiger charge is -2.32. The lowest BCUT2D eigenvalue weighted by atomic mass is 9.96. The van der Waals surface area contributed by atoms with Crippen LogP contribution in [0.1, 0.15) is 35.7 Å². The van der Waals surface area contributed by atoms with Gasteiger partial charge in [-0.3, -0.25) is 9.59 Å². The highest BCUT2D eigenvalue weighted by Crippen LogP contribution is 2.23. The molecule has 2 aromatic carbocycles. The lowest BCUT2D eigenvalue weighted by molar-refractivity contribution is -0.121. The average molecular weight is 354 g/mol. The second-order valence-corrected chi connectivity index (χ2v) is 6.57. The molecule has 0 saturated carbocycles. The number of carbonyl (C=O) groups is 2. The van der Waals surface area contributed by atoms with Gasteiger partial charge in [0, 0.05) is 18.8 Å². The van der Waals surface area contributed by atoms with E-state index in [1.807, 2.05) is 31.2 Å².